The minimum atomic E-state index is -0.733. The maximum absolute atomic E-state index is 12.2. The van der Waals surface area contributed by atoms with Crippen molar-refractivity contribution in [3.05, 3.63) is 64.8 Å². The Morgan fingerprint density at radius 3 is 2.53 bits per heavy atom. The Hall–Kier alpha value is -2.13. The van der Waals surface area contributed by atoms with E-state index in [0.29, 0.717) is 30.0 Å². The number of hydrogen-bond donors (Lipinski definition) is 1. The van der Waals surface area contributed by atoms with Gasteiger partial charge in [-0.1, -0.05) is 36.8 Å². The number of carbonyl (C=O) groups excluding carboxylic acids is 1. The van der Waals surface area contributed by atoms with Crippen LogP contribution in [0.3, 0.4) is 0 Å². The van der Waals surface area contributed by atoms with Crippen molar-refractivity contribution in [3.8, 4) is 0 Å². The maximum Gasteiger partial charge on any atom is 0.156 e. The summed E-state index contributed by atoms with van der Waals surface area (Å²) in [5.74, 6) is 1.60. The second kappa shape index (κ2) is 7.73. The standard InChI is InChI=1S/C29H37NO2/c1-5-15-29(32)16-14-26-24-12-8-20-17-22(31)11-13-23(20)27(24)25(18-28(26,29)2)19-6-9-21(10-7-19)30(3)4/h5-7,9-10,15,17,24-26,32H,8,11-14,16,18H2,1-4H3/b15-5+/t24-,25+,26-,28-,29+/m1/s1. The first kappa shape index (κ1) is 21.7. The third kappa shape index (κ3) is 3.15. The van der Waals surface area contributed by atoms with Crippen LogP contribution in [0, 0.1) is 17.3 Å². The maximum atomic E-state index is 12.2. The molecule has 3 heteroatoms. The Morgan fingerprint density at radius 2 is 1.84 bits per heavy atom. The summed E-state index contributed by atoms with van der Waals surface area (Å²) in [5.41, 5.74) is 6.07. The van der Waals surface area contributed by atoms with E-state index in [4.69, 9.17) is 0 Å². The molecule has 2 fully saturated rings. The molecule has 5 rings (SSSR count). The van der Waals surface area contributed by atoms with Crippen molar-refractivity contribution in [1.29, 1.82) is 0 Å². The molecule has 5 atom stereocenters. The number of nitrogens with zero attached hydrogens (tertiary/aromatic N) is 1. The first-order valence-electron chi connectivity index (χ1n) is 12.4. The highest BCUT2D eigenvalue weighted by atomic mass is 16.3. The average molecular weight is 432 g/mol. The molecule has 4 aliphatic carbocycles. The highest BCUT2D eigenvalue weighted by molar-refractivity contribution is 5.93. The van der Waals surface area contributed by atoms with Crippen LogP contribution in [0.5, 0.6) is 0 Å². The molecule has 0 heterocycles. The van der Waals surface area contributed by atoms with Crippen LogP contribution in [0.1, 0.15) is 70.3 Å². The van der Waals surface area contributed by atoms with Crippen molar-refractivity contribution in [2.45, 2.75) is 70.3 Å². The molecule has 0 aromatic heterocycles. The molecule has 0 aliphatic heterocycles. The van der Waals surface area contributed by atoms with Gasteiger partial charge in [-0.3, -0.25) is 4.79 Å². The quantitative estimate of drug-likeness (QED) is 0.600. The highest BCUT2D eigenvalue weighted by Gasteiger charge is 2.61. The minimum Gasteiger partial charge on any atom is -0.385 e. The van der Waals surface area contributed by atoms with E-state index in [0.717, 1.165) is 38.5 Å². The summed E-state index contributed by atoms with van der Waals surface area (Å²) in [6.07, 6.45) is 12.6. The van der Waals surface area contributed by atoms with Crippen molar-refractivity contribution in [2.24, 2.45) is 17.3 Å². The molecular formula is C29H37NO2. The minimum absolute atomic E-state index is 0.134. The van der Waals surface area contributed by atoms with Crippen LogP contribution in [-0.4, -0.2) is 30.6 Å². The van der Waals surface area contributed by atoms with Gasteiger partial charge in [0, 0.05) is 37.5 Å². The molecule has 0 unspecified atom stereocenters. The van der Waals surface area contributed by atoms with E-state index in [9.17, 15) is 9.90 Å². The Labute approximate surface area is 192 Å². The molecule has 2 saturated carbocycles. The third-order valence-corrected chi connectivity index (χ3v) is 9.20. The fourth-order valence-corrected chi connectivity index (χ4v) is 7.55. The first-order valence-corrected chi connectivity index (χ1v) is 12.4. The lowest BCUT2D eigenvalue weighted by Crippen LogP contribution is -2.50. The van der Waals surface area contributed by atoms with Gasteiger partial charge in [0.15, 0.2) is 5.78 Å². The fourth-order valence-electron chi connectivity index (χ4n) is 7.55. The van der Waals surface area contributed by atoms with Crippen LogP contribution in [0.25, 0.3) is 0 Å². The lowest BCUT2D eigenvalue weighted by molar-refractivity contribution is -0.114. The number of benzene rings is 1. The molecule has 0 radical (unpaired) electrons. The van der Waals surface area contributed by atoms with E-state index in [-0.39, 0.29) is 5.41 Å². The SMILES string of the molecule is C/C=C/[C@]1(O)CC[C@@H]2[C@H]3CCC4=CC(=O)CCC4=C3[C@H](c3ccc(N(C)C)cc3)C[C@]21C. The van der Waals surface area contributed by atoms with E-state index >= 15 is 0 Å². The number of hydrogen-bond acceptors (Lipinski definition) is 3. The smallest absolute Gasteiger partial charge is 0.156 e. The van der Waals surface area contributed by atoms with Crippen molar-refractivity contribution >= 4 is 11.5 Å². The largest absolute Gasteiger partial charge is 0.385 e. The number of anilines is 1. The molecule has 0 amide bonds. The van der Waals surface area contributed by atoms with Crippen molar-refractivity contribution < 1.29 is 9.90 Å². The number of aliphatic hydroxyl groups is 1. The molecule has 170 valence electrons. The van der Waals surface area contributed by atoms with Crippen LogP contribution in [0.4, 0.5) is 5.69 Å². The zero-order valence-electron chi connectivity index (χ0n) is 20.0. The first-order chi connectivity index (χ1) is 15.3. The van der Waals surface area contributed by atoms with E-state index in [2.05, 4.69) is 56.3 Å². The second-order valence-electron chi connectivity index (χ2n) is 10.9. The summed E-state index contributed by atoms with van der Waals surface area (Å²) in [6.45, 7) is 4.38. The molecule has 0 saturated heterocycles. The van der Waals surface area contributed by atoms with Gasteiger partial charge in [0.25, 0.3) is 0 Å². The average Bonchev–Trinajstić information content (AvgIpc) is 3.03. The van der Waals surface area contributed by atoms with Crippen molar-refractivity contribution in [3.63, 3.8) is 0 Å². The number of allylic oxidation sites excluding steroid dienone is 5. The van der Waals surface area contributed by atoms with Gasteiger partial charge in [-0.2, -0.15) is 0 Å². The molecule has 1 N–H and O–H groups in total. The highest BCUT2D eigenvalue weighted by Crippen LogP contribution is 2.67. The molecule has 32 heavy (non-hydrogen) atoms. The van der Waals surface area contributed by atoms with Crippen LogP contribution in [0.15, 0.2) is 59.2 Å². The molecule has 1 aromatic rings. The summed E-state index contributed by atoms with van der Waals surface area (Å²) < 4.78 is 0. The predicted octanol–water partition coefficient (Wildman–Crippen LogP) is 5.96. The van der Waals surface area contributed by atoms with Crippen LogP contribution in [-0.2, 0) is 4.79 Å². The Bertz CT molecular complexity index is 1010. The van der Waals surface area contributed by atoms with E-state index in [1.54, 1.807) is 5.57 Å². The van der Waals surface area contributed by atoms with Gasteiger partial charge in [0.1, 0.15) is 0 Å². The lowest BCUT2D eigenvalue weighted by atomic mass is 9.51. The zero-order valence-corrected chi connectivity index (χ0v) is 20.0. The van der Waals surface area contributed by atoms with Gasteiger partial charge < -0.3 is 10.0 Å². The molecular weight excluding hydrogens is 394 g/mol. The topological polar surface area (TPSA) is 40.5 Å². The Balaban J connectivity index is 1.66. The lowest BCUT2D eigenvalue weighted by Gasteiger charge is -2.54. The number of fused-ring (bicyclic) bond motifs is 4. The van der Waals surface area contributed by atoms with Crippen molar-refractivity contribution in [2.75, 3.05) is 19.0 Å². The Morgan fingerprint density at radius 1 is 1.09 bits per heavy atom. The molecule has 4 aliphatic rings. The fraction of sp³-hybridized carbons (Fsp3) is 0.552. The zero-order chi connectivity index (χ0) is 22.7. The number of rotatable bonds is 3. The van der Waals surface area contributed by atoms with E-state index < -0.39 is 5.60 Å². The van der Waals surface area contributed by atoms with E-state index in [1.165, 1.54) is 22.4 Å². The summed E-state index contributed by atoms with van der Waals surface area (Å²) in [5, 5.41) is 11.8. The van der Waals surface area contributed by atoms with Gasteiger partial charge in [-0.05, 0) is 92.2 Å². The third-order valence-electron chi connectivity index (χ3n) is 9.20. The monoisotopic (exact) mass is 431 g/mol. The Kier molecular flexibility index (Phi) is 5.24. The normalized spacial score (nSPS) is 36.6. The summed E-state index contributed by atoms with van der Waals surface area (Å²) in [4.78, 5) is 14.3. The number of ketones is 1. The van der Waals surface area contributed by atoms with Crippen LogP contribution >= 0.6 is 0 Å². The van der Waals surface area contributed by atoms with Gasteiger partial charge in [0.05, 0.1) is 5.60 Å². The number of carbonyl (C=O) groups is 1. The summed E-state index contributed by atoms with van der Waals surface area (Å²) >= 11 is 0. The van der Waals surface area contributed by atoms with Crippen LogP contribution < -0.4 is 4.90 Å². The molecule has 0 spiro atoms. The van der Waals surface area contributed by atoms with Crippen molar-refractivity contribution in [1.82, 2.24) is 0 Å². The summed E-state index contributed by atoms with van der Waals surface area (Å²) in [6, 6.07) is 9.04. The predicted molar refractivity (Wildman–Crippen MR) is 131 cm³/mol. The molecule has 0 bridgehead atoms. The van der Waals surface area contributed by atoms with Gasteiger partial charge in [0.2, 0.25) is 0 Å². The summed E-state index contributed by atoms with van der Waals surface area (Å²) in [7, 11) is 4.16. The van der Waals surface area contributed by atoms with Gasteiger partial charge in [-0.15, -0.1) is 0 Å². The van der Waals surface area contributed by atoms with Gasteiger partial charge in [-0.25, -0.2) is 0 Å². The molecule has 1 aromatic carbocycles. The van der Waals surface area contributed by atoms with E-state index in [1.807, 2.05) is 19.1 Å². The second-order valence-corrected chi connectivity index (χ2v) is 10.9. The van der Waals surface area contributed by atoms with Crippen LogP contribution in [0.2, 0.25) is 0 Å². The molecule has 3 nitrogen and oxygen atoms in total. The van der Waals surface area contributed by atoms with Gasteiger partial charge >= 0.3 is 0 Å².